The Morgan fingerprint density at radius 3 is 2.79 bits per heavy atom. The summed E-state index contributed by atoms with van der Waals surface area (Å²) >= 11 is 6.10. The van der Waals surface area contributed by atoms with Crippen LogP contribution in [-0.2, 0) is 17.8 Å². The maximum atomic E-state index is 12.2. The Balaban J connectivity index is 1.39. The molecule has 1 amide bonds. The molecule has 0 atom stereocenters. The zero-order chi connectivity index (χ0) is 20.2. The normalized spacial score (nSPS) is 13.4. The highest BCUT2D eigenvalue weighted by molar-refractivity contribution is 6.32. The lowest BCUT2D eigenvalue weighted by atomic mass is 10.2. The molecule has 1 N–H and O–H groups in total. The number of aromatic nitrogens is 3. The number of rotatable bonds is 5. The average Bonchev–Trinajstić information content (AvgIpc) is 2.97. The van der Waals surface area contributed by atoms with Gasteiger partial charge in [-0.15, -0.1) is 10.2 Å². The maximum absolute atomic E-state index is 12.2. The van der Waals surface area contributed by atoms with Crippen LogP contribution in [0.1, 0.15) is 30.7 Å². The fourth-order valence-electron chi connectivity index (χ4n) is 3.46. The molecule has 0 fully saturated rings. The van der Waals surface area contributed by atoms with Crippen molar-refractivity contribution in [1.82, 2.24) is 14.8 Å². The van der Waals surface area contributed by atoms with Crippen molar-refractivity contribution in [3.05, 3.63) is 58.9 Å². The van der Waals surface area contributed by atoms with Gasteiger partial charge in [0.1, 0.15) is 11.6 Å². The van der Waals surface area contributed by atoms with E-state index in [9.17, 15) is 4.79 Å². The Bertz CT molecular complexity index is 1010. The van der Waals surface area contributed by atoms with Crippen LogP contribution in [0.25, 0.3) is 11.4 Å². The SMILES string of the molecule is Cc1ccc(Cl)c(OCC(=O)Nc2ccc(-c3nnc4n3CCCCC4)cc2)c1. The molecule has 0 aliphatic carbocycles. The van der Waals surface area contributed by atoms with E-state index in [0.717, 1.165) is 42.2 Å². The van der Waals surface area contributed by atoms with Gasteiger partial charge >= 0.3 is 0 Å². The van der Waals surface area contributed by atoms with Gasteiger partial charge in [-0.3, -0.25) is 4.79 Å². The molecule has 1 aliphatic heterocycles. The third-order valence-corrected chi connectivity index (χ3v) is 5.29. The van der Waals surface area contributed by atoms with Crippen LogP contribution >= 0.6 is 11.6 Å². The number of carbonyl (C=O) groups is 1. The molecule has 2 heterocycles. The molecule has 0 spiro atoms. The van der Waals surface area contributed by atoms with Crippen molar-refractivity contribution in [3.8, 4) is 17.1 Å². The number of nitrogens with one attached hydrogen (secondary N) is 1. The molecule has 0 bridgehead atoms. The van der Waals surface area contributed by atoms with Crippen LogP contribution in [0.2, 0.25) is 5.02 Å². The lowest BCUT2D eigenvalue weighted by molar-refractivity contribution is -0.118. The van der Waals surface area contributed by atoms with E-state index in [1.165, 1.54) is 12.8 Å². The number of hydrogen-bond donors (Lipinski definition) is 1. The Labute approximate surface area is 174 Å². The first-order valence-electron chi connectivity index (χ1n) is 9.81. The van der Waals surface area contributed by atoms with E-state index >= 15 is 0 Å². The van der Waals surface area contributed by atoms with Gasteiger partial charge in [0.05, 0.1) is 5.02 Å². The molecular formula is C22H23ClN4O2. The third-order valence-electron chi connectivity index (χ3n) is 4.98. The maximum Gasteiger partial charge on any atom is 0.262 e. The van der Waals surface area contributed by atoms with Gasteiger partial charge in [-0.05, 0) is 61.7 Å². The summed E-state index contributed by atoms with van der Waals surface area (Å²) < 4.78 is 7.75. The van der Waals surface area contributed by atoms with Crippen LogP contribution in [0.5, 0.6) is 5.75 Å². The minimum Gasteiger partial charge on any atom is -0.482 e. The van der Waals surface area contributed by atoms with Gasteiger partial charge in [0, 0.05) is 24.2 Å². The second kappa shape index (κ2) is 8.66. The predicted molar refractivity (Wildman–Crippen MR) is 113 cm³/mol. The highest BCUT2D eigenvalue weighted by Gasteiger charge is 2.16. The van der Waals surface area contributed by atoms with Gasteiger partial charge in [0.25, 0.3) is 5.91 Å². The van der Waals surface area contributed by atoms with E-state index in [-0.39, 0.29) is 12.5 Å². The van der Waals surface area contributed by atoms with Crippen molar-refractivity contribution in [2.75, 3.05) is 11.9 Å². The number of nitrogens with zero attached hydrogens (tertiary/aromatic N) is 3. The number of fused-ring (bicyclic) bond motifs is 1. The van der Waals surface area contributed by atoms with E-state index in [4.69, 9.17) is 16.3 Å². The molecule has 2 aromatic carbocycles. The van der Waals surface area contributed by atoms with Gasteiger partial charge in [-0.2, -0.15) is 0 Å². The topological polar surface area (TPSA) is 69.0 Å². The van der Waals surface area contributed by atoms with Crippen molar-refractivity contribution in [2.24, 2.45) is 0 Å². The molecule has 29 heavy (non-hydrogen) atoms. The molecule has 1 aliphatic rings. The largest absolute Gasteiger partial charge is 0.482 e. The van der Waals surface area contributed by atoms with Gasteiger partial charge < -0.3 is 14.6 Å². The summed E-state index contributed by atoms with van der Waals surface area (Å²) in [5.74, 6) is 2.20. The number of carbonyl (C=O) groups excluding carboxylic acids is 1. The number of amides is 1. The molecule has 0 unspecified atom stereocenters. The molecule has 6 nitrogen and oxygen atoms in total. The Hall–Kier alpha value is -2.86. The number of anilines is 1. The molecule has 0 radical (unpaired) electrons. The molecule has 4 rings (SSSR count). The Morgan fingerprint density at radius 1 is 1.14 bits per heavy atom. The van der Waals surface area contributed by atoms with Gasteiger partial charge in [-0.1, -0.05) is 24.1 Å². The van der Waals surface area contributed by atoms with E-state index in [1.54, 1.807) is 6.07 Å². The van der Waals surface area contributed by atoms with Crippen molar-refractivity contribution in [1.29, 1.82) is 0 Å². The van der Waals surface area contributed by atoms with Gasteiger partial charge in [-0.25, -0.2) is 0 Å². The lowest BCUT2D eigenvalue weighted by Crippen LogP contribution is -2.20. The second-order valence-electron chi connectivity index (χ2n) is 7.25. The monoisotopic (exact) mass is 410 g/mol. The number of hydrogen-bond acceptors (Lipinski definition) is 4. The highest BCUT2D eigenvalue weighted by Crippen LogP contribution is 2.26. The highest BCUT2D eigenvalue weighted by atomic mass is 35.5. The Morgan fingerprint density at radius 2 is 1.97 bits per heavy atom. The minimum absolute atomic E-state index is 0.109. The summed E-state index contributed by atoms with van der Waals surface area (Å²) in [4.78, 5) is 12.2. The summed E-state index contributed by atoms with van der Waals surface area (Å²) in [6, 6.07) is 13.1. The predicted octanol–water partition coefficient (Wildman–Crippen LogP) is 4.65. The van der Waals surface area contributed by atoms with Crippen LogP contribution in [0.15, 0.2) is 42.5 Å². The van der Waals surface area contributed by atoms with E-state index in [2.05, 4.69) is 20.1 Å². The smallest absolute Gasteiger partial charge is 0.262 e. The zero-order valence-electron chi connectivity index (χ0n) is 16.3. The quantitative estimate of drug-likeness (QED) is 0.664. The molecular weight excluding hydrogens is 388 g/mol. The van der Waals surface area contributed by atoms with Crippen molar-refractivity contribution in [2.45, 2.75) is 39.2 Å². The van der Waals surface area contributed by atoms with Gasteiger partial charge in [0.2, 0.25) is 0 Å². The molecule has 150 valence electrons. The van der Waals surface area contributed by atoms with Crippen LogP contribution < -0.4 is 10.1 Å². The van der Waals surface area contributed by atoms with Crippen molar-refractivity contribution in [3.63, 3.8) is 0 Å². The molecule has 0 saturated heterocycles. The second-order valence-corrected chi connectivity index (χ2v) is 7.66. The van der Waals surface area contributed by atoms with Crippen LogP contribution in [0.3, 0.4) is 0 Å². The fourth-order valence-corrected chi connectivity index (χ4v) is 3.63. The Kier molecular flexibility index (Phi) is 5.81. The van der Waals surface area contributed by atoms with E-state index in [0.29, 0.717) is 16.5 Å². The van der Waals surface area contributed by atoms with Crippen LogP contribution in [0, 0.1) is 6.92 Å². The van der Waals surface area contributed by atoms with Crippen LogP contribution in [-0.4, -0.2) is 27.3 Å². The molecule has 0 saturated carbocycles. The number of benzene rings is 2. The molecule has 3 aromatic rings. The minimum atomic E-state index is -0.244. The van der Waals surface area contributed by atoms with Crippen molar-refractivity contribution >= 4 is 23.2 Å². The third kappa shape index (κ3) is 4.59. The first-order valence-corrected chi connectivity index (χ1v) is 10.2. The van der Waals surface area contributed by atoms with E-state index < -0.39 is 0 Å². The molecule has 7 heteroatoms. The summed E-state index contributed by atoms with van der Waals surface area (Å²) in [5, 5.41) is 12.0. The lowest BCUT2D eigenvalue weighted by Gasteiger charge is -2.10. The average molecular weight is 411 g/mol. The number of aryl methyl sites for hydroxylation is 2. The first-order chi connectivity index (χ1) is 14.1. The summed E-state index contributed by atoms with van der Waals surface area (Å²) in [5.41, 5.74) is 2.71. The van der Waals surface area contributed by atoms with Gasteiger partial charge in [0.15, 0.2) is 12.4 Å². The standard InChI is InChI=1S/C22H23ClN4O2/c1-15-6-11-18(23)19(13-15)29-14-21(28)24-17-9-7-16(8-10-17)22-26-25-20-5-3-2-4-12-27(20)22/h6-11,13H,2-5,12,14H2,1H3,(H,24,28). The molecule has 1 aromatic heterocycles. The van der Waals surface area contributed by atoms with Crippen molar-refractivity contribution < 1.29 is 9.53 Å². The zero-order valence-corrected chi connectivity index (χ0v) is 17.1. The summed E-state index contributed by atoms with van der Waals surface area (Å²) in [6.07, 6.45) is 4.52. The summed E-state index contributed by atoms with van der Waals surface area (Å²) in [7, 11) is 0. The first kappa shape index (κ1) is 19.5. The number of halogens is 1. The van der Waals surface area contributed by atoms with Crippen LogP contribution in [0.4, 0.5) is 5.69 Å². The van der Waals surface area contributed by atoms with E-state index in [1.807, 2.05) is 43.3 Å². The number of ether oxygens (including phenoxy) is 1. The summed E-state index contributed by atoms with van der Waals surface area (Å²) in [6.45, 7) is 2.79. The fraction of sp³-hybridized carbons (Fsp3) is 0.318.